The molecule has 31 heavy (non-hydrogen) atoms. The van der Waals surface area contributed by atoms with Gasteiger partial charge in [0.2, 0.25) is 0 Å². The normalized spacial score (nSPS) is 17.1. The van der Waals surface area contributed by atoms with Gasteiger partial charge in [0.15, 0.2) is 5.82 Å². The monoisotopic (exact) mass is 427 g/mol. The van der Waals surface area contributed by atoms with Gasteiger partial charge in [-0.05, 0) is 48.6 Å². The van der Waals surface area contributed by atoms with Gasteiger partial charge in [-0.2, -0.15) is 18.3 Å². The van der Waals surface area contributed by atoms with Crippen molar-refractivity contribution in [2.24, 2.45) is 5.92 Å². The van der Waals surface area contributed by atoms with E-state index in [-0.39, 0.29) is 12.0 Å². The van der Waals surface area contributed by atoms with Crippen LogP contribution in [0.3, 0.4) is 0 Å². The topological polar surface area (TPSA) is 55.6 Å². The Kier molecular flexibility index (Phi) is 5.56. The fourth-order valence-corrected chi connectivity index (χ4v) is 3.85. The zero-order valence-corrected chi connectivity index (χ0v) is 17.4. The molecule has 1 N–H and O–H groups in total. The molecular formula is C23H24F3N5. The number of fused-ring (bicyclic) bond motifs is 2. The minimum Gasteiger partial charge on any atom is -0.360 e. The lowest BCUT2D eigenvalue weighted by molar-refractivity contribution is -0.0877. The van der Waals surface area contributed by atoms with E-state index in [2.05, 4.69) is 27.0 Å². The first kappa shape index (κ1) is 21.1. The lowest BCUT2D eigenvalue weighted by Gasteiger charge is -2.25. The highest BCUT2D eigenvalue weighted by atomic mass is 19.4. The first-order valence-corrected chi connectivity index (χ1v) is 10.3. The van der Waals surface area contributed by atoms with Gasteiger partial charge in [0.25, 0.3) is 0 Å². The molecule has 0 aliphatic carbocycles. The van der Waals surface area contributed by atoms with Gasteiger partial charge in [-0.3, -0.25) is 9.67 Å². The molecule has 4 heterocycles. The fraction of sp³-hybridized carbons (Fsp3) is 0.348. The van der Waals surface area contributed by atoms with E-state index in [9.17, 15) is 13.2 Å². The molecule has 1 unspecified atom stereocenters. The Morgan fingerprint density at radius 2 is 2.06 bits per heavy atom. The molecule has 1 aliphatic rings. The number of rotatable bonds is 5. The Bertz CT molecular complexity index is 1140. The smallest absolute Gasteiger partial charge is 0.360 e. The molecule has 162 valence electrons. The Labute approximate surface area is 178 Å². The molecule has 1 atom stereocenters. The quantitative estimate of drug-likeness (QED) is 0.513. The van der Waals surface area contributed by atoms with Gasteiger partial charge in [-0.15, -0.1) is 0 Å². The minimum absolute atomic E-state index is 0.0608. The molecule has 0 spiro atoms. The molecule has 3 aromatic rings. The zero-order chi connectivity index (χ0) is 22.2. The van der Waals surface area contributed by atoms with Crippen molar-refractivity contribution in [3.05, 3.63) is 66.3 Å². The highest BCUT2D eigenvalue weighted by molar-refractivity contribution is 5.87. The van der Waals surface area contributed by atoms with E-state index in [0.717, 1.165) is 42.1 Å². The van der Waals surface area contributed by atoms with Crippen molar-refractivity contribution in [2.45, 2.75) is 45.5 Å². The molecule has 3 aromatic heterocycles. The van der Waals surface area contributed by atoms with E-state index in [1.165, 1.54) is 0 Å². The predicted octanol–water partition coefficient (Wildman–Crippen LogP) is 5.93. The van der Waals surface area contributed by atoms with E-state index in [0.29, 0.717) is 17.1 Å². The third-order valence-corrected chi connectivity index (χ3v) is 5.47. The maximum atomic E-state index is 13.1. The second-order valence-corrected chi connectivity index (χ2v) is 8.03. The maximum absolute atomic E-state index is 13.1. The van der Waals surface area contributed by atoms with Crippen molar-refractivity contribution < 1.29 is 13.2 Å². The summed E-state index contributed by atoms with van der Waals surface area (Å²) in [5, 5.41) is 9.09. The summed E-state index contributed by atoms with van der Waals surface area (Å²) < 4.78 is 41.0. The summed E-state index contributed by atoms with van der Waals surface area (Å²) >= 11 is 0. The van der Waals surface area contributed by atoms with Crippen LogP contribution < -0.4 is 5.32 Å². The molecule has 5 nitrogen and oxygen atoms in total. The van der Waals surface area contributed by atoms with Crippen LogP contribution in [0.5, 0.6) is 0 Å². The molecular weight excluding hydrogens is 403 g/mol. The molecule has 0 bridgehead atoms. The lowest BCUT2D eigenvalue weighted by atomic mass is 9.96. The molecule has 1 aliphatic heterocycles. The summed E-state index contributed by atoms with van der Waals surface area (Å²) in [5.41, 5.74) is 1.91. The molecule has 0 fully saturated rings. The minimum atomic E-state index is -4.46. The van der Waals surface area contributed by atoms with Gasteiger partial charge in [0.05, 0.1) is 17.4 Å². The number of nitrogens with zero attached hydrogens (tertiary/aromatic N) is 4. The fourth-order valence-electron chi connectivity index (χ4n) is 3.85. The SMILES string of the molecule is C=C(/C=C(/c1cc2n(n1)CCCC2Nc1nccc2cccnc12)C(C)C)C(F)(F)F. The van der Waals surface area contributed by atoms with Crippen LogP contribution in [0.2, 0.25) is 0 Å². The second-order valence-electron chi connectivity index (χ2n) is 8.03. The number of nitrogens with one attached hydrogen (secondary N) is 1. The summed E-state index contributed by atoms with van der Waals surface area (Å²) in [6.07, 6.45) is 1.88. The van der Waals surface area contributed by atoms with Crippen molar-refractivity contribution in [1.82, 2.24) is 19.7 Å². The summed E-state index contributed by atoms with van der Waals surface area (Å²) in [4.78, 5) is 8.90. The number of hydrogen-bond acceptors (Lipinski definition) is 4. The average Bonchev–Trinajstić information content (AvgIpc) is 3.16. The Hall–Kier alpha value is -3.16. The van der Waals surface area contributed by atoms with Gasteiger partial charge in [0, 0.05) is 29.9 Å². The van der Waals surface area contributed by atoms with Crippen LogP contribution in [0.1, 0.15) is 44.1 Å². The van der Waals surface area contributed by atoms with Crippen LogP contribution in [-0.2, 0) is 6.54 Å². The van der Waals surface area contributed by atoms with E-state index in [1.54, 1.807) is 12.4 Å². The van der Waals surface area contributed by atoms with Gasteiger partial charge < -0.3 is 5.32 Å². The van der Waals surface area contributed by atoms with Gasteiger partial charge in [-0.25, -0.2) is 4.98 Å². The van der Waals surface area contributed by atoms with Crippen molar-refractivity contribution in [2.75, 3.05) is 5.32 Å². The first-order chi connectivity index (χ1) is 14.7. The first-order valence-electron chi connectivity index (χ1n) is 10.3. The van der Waals surface area contributed by atoms with E-state index in [1.807, 2.05) is 42.8 Å². The summed E-state index contributed by atoms with van der Waals surface area (Å²) in [6.45, 7) is 7.63. The van der Waals surface area contributed by atoms with Crippen molar-refractivity contribution in [1.29, 1.82) is 0 Å². The van der Waals surface area contributed by atoms with E-state index >= 15 is 0 Å². The molecule has 0 amide bonds. The largest absolute Gasteiger partial charge is 0.415 e. The third kappa shape index (κ3) is 4.33. The Morgan fingerprint density at radius 3 is 2.81 bits per heavy atom. The molecule has 8 heteroatoms. The van der Waals surface area contributed by atoms with Crippen LogP contribution >= 0.6 is 0 Å². The van der Waals surface area contributed by atoms with Crippen molar-refractivity contribution in [3.8, 4) is 0 Å². The van der Waals surface area contributed by atoms with E-state index in [4.69, 9.17) is 0 Å². The van der Waals surface area contributed by atoms with Crippen LogP contribution in [0.4, 0.5) is 19.0 Å². The Morgan fingerprint density at radius 1 is 1.26 bits per heavy atom. The predicted molar refractivity (Wildman–Crippen MR) is 115 cm³/mol. The number of pyridine rings is 2. The Balaban J connectivity index is 1.68. The number of hydrogen-bond donors (Lipinski definition) is 1. The summed E-state index contributed by atoms with van der Waals surface area (Å²) in [5.74, 6) is 0.552. The highest BCUT2D eigenvalue weighted by Gasteiger charge is 2.32. The van der Waals surface area contributed by atoms with Gasteiger partial charge in [-0.1, -0.05) is 26.5 Å². The van der Waals surface area contributed by atoms with Gasteiger partial charge >= 0.3 is 6.18 Å². The van der Waals surface area contributed by atoms with Crippen LogP contribution in [0.25, 0.3) is 16.5 Å². The summed E-state index contributed by atoms with van der Waals surface area (Å²) in [7, 11) is 0. The number of anilines is 1. The van der Waals surface area contributed by atoms with Crippen LogP contribution in [0, 0.1) is 5.92 Å². The van der Waals surface area contributed by atoms with Crippen molar-refractivity contribution >= 4 is 22.3 Å². The van der Waals surface area contributed by atoms with Crippen molar-refractivity contribution in [3.63, 3.8) is 0 Å². The van der Waals surface area contributed by atoms with Crippen LogP contribution in [-0.4, -0.2) is 25.9 Å². The van der Waals surface area contributed by atoms with E-state index < -0.39 is 11.7 Å². The molecule has 4 rings (SSSR count). The van der Waals surface area contributed by atoms with Crippen LogP contribution in [0.15, 0.2) is 54.9 Å². The number of aromatic nitrogens is 4. The maximum Gasteiger partial charge on any atom is 0.415 e. The lowest BCUT2D eigenvalue weighted by Crippen LogP contribution is -2.22. The highest BCUT2D eigenvalue weighted by Crippen LogP contribution is 2.35. The number of aryl methyl sites for hydroxylation is 1. The average molecular weight is 427 g/mol. The second kappa shape index (κ2) is 8.17. The van der Waals surface area contributed by atoms with Gasteiger partial charge in [0.1, 0.15) is 5.52 Å². The zero-order valence-electron chi connectivity index (χ0n) is 17.4. The number of alkyl halides is 3. The molecule has 0 saturated carbocycles. The number of halogens is 3. The molecule has 0 saturated heterocycles. The molecule has 0 aromatic carbocycles. The summed E-state index contributed by atoms with van der Waals surface area (Å²) in [6, 6.07) is 7.58. The standard InChI is InChI=1S/C23H24F3N5/c1-14(2)17(12-15(3)23(24,25)26)19-13-20-18(7-5-11-31(20)30-19)29-22-21-16(8-10-28-22)6-4-9-27-21/h4,6,8-10,12-14,18H,3,5,7,11H2,1-2H3,(H,28,29)/b17-12+. The molecule has 0 radical (unpaired) electrons. The number of allylic oxidation sites excluding steroid dienone is 3. The third-order valence-electron chi connectivity index (χ3n) is 5.47.